The van der Waals surface area contributed by atoms with Crippen LogP contribution < -0.4 is 5.32 Å². The van der Waals surface area contributed by atoms with E-state index in [0.717, 1.165) is 23.9 Å². The maximum atomic E-state index is 12.7. The van der Waals surface area contributed by atoms with Gasteiger partial charge < -0.3 is 9.15 Å². The van der Waals surface area contributed by atoms with Crippen molar-refractivity contribution in [2.24, 2.45) is 0 Å². The van der Waals surface area contributed by atoms with Crippen LogP contribution in [-0.2, 0) is 17.8 Å². The lowest BCUT2D eigenvalue weighted by Crippen LogP contribution is -2.13. The minimum absolute atomic E-state index is 0.100. The summed E-state index contributed by atoms with van der Waals surface area (Å²) in [5, 5.41) is 4.04. The summed E-state index contributed by atoms with van der Waals surface area (Å²) in [5.74, 6) is -0.0765. The Hall–Kier alpha value is -2.51. The molecule has 1 aliphatic rings. The molecule has 7 heteroatoms. The first-order valence-electron chi connectivity index (χ1n) is 8.01. The van der Waals surface area contributed by atoms with Gasteiger partial charge in [0.2, 0.25) is 0 Å². The molecule has 0 saturated heterocycles. The Balaban J connectivity index is 1.66. The minimum atomic E-state index is -0.387. The molecule has 3 aromatic rings. The van der Waals surface area contributed by atoms with Crippen LogP contribution in [0.2, 0.25) is 0 Å². The molecule has 2 aromatic heterocycles. The number of carbonyl (C=O) groups is 2. The highest BCUT2D eigenvalue weighted by Gasteiger charge is 2.25. The van der Waals surface area contributed by atoms with E-state index in [1.54, 1.807) is 7.11 Å². The molecule has 6 nitrogen and oxygen atoms in total. The van der Waals surface area contributed by atoms with Gasteiger partial charge in [-0.05, 0) is 18.9 Å². The van der Waals surface area contributed by atoms with Crippen molar-refractivity contribution in [1.29, 1.82) is 0 Å². The first-order valence-corrected chi connectivity index (χ1v) is 8.82. The number of ketones is 1. The Labute approximate surface area is 147 Å². The number of nitrogens with one attached hydrogen (secondary N) is 1. The van der Waals surface area contributed by atoms with Gasteiger partial charge in [0, 0.05) is 24.5 Å². The molecule has 0 spiro atoms. The number of hydrogen-bond donors (Lipinski definition) is 1. The molecule has 1 amide bonds. The van der Waals surface area contributed by atoms with Gasteiger partial charge in [0.1, 0.15) is 5.58 Å². The van der Waals surface area contributed by atoms with E-state index in [-0.39, 0.29) is 24.1 Å². The summed E-state index contributed by atoms with van der Waals surface area (Å²) in [6.07, 6.45) is 2.13. The summed E-state index contributed by atoms with van der Waals surface area (Å²) >= 11 is 1.23. The molecule has 25 heavy (non-hydrogen) atoms. The number of nitrogens with zero attached hydrogens (tertiary/aromatic N) is 1. The summed E-state index contributed by atoms with van der Waals surface area (Å²) in [6, 6.07) is 7.44. The second kappa shape index (κ2) is 6.42. The topological polar surface area (TPSA) is 81.4 Å². The van der Waals surface area contributed by atoms with Crippen LogP contribution >= 0.6 is 11.3 Å². The molecule has 128 valence electrons. The van der Waals surface area contributed by atoms with Crippen LogP contribution in [0.25, 0.3) is 11.0 Å². The molecule has 0 fully saturated rings. The van der Waals surface area contributed by atoms with Crippen molar-refractivity contribution >= 4 is 39.1 Å². The van der Waals surface area contributed by atoms with Crippen molar-refractivity contribution in [3.63, 3.8) is 0 Å². The van der Waals surface area contributed by atoms with E-state index in [0.29, 0.717) is 27.6 Å². The second-order valence-electron chi connectivity index (χ2n) is 5.86. The average Bonchev–Trinajstić information content (AvgIpc) is 3.18. The van der Waals surface area contributed by atoms with Crippen LogP contribution in [0.5, 0.6) is 0 Å². The number of aromatic nitrogens is 1. The van der Waals surface area contributed by atoms with Gasteiger partial charge in [-0.3, -0.25) is 14.9 Å². The molecule has 0 bridgehead atoms. The fraction of sp³-hybridized carbons (Fsp3) is 0.278. The monoisotopic (exact) mass is 356 g/mol. The molecule has 0 aliphatic heterocycles. The van der Waals surface area contributed by atoms with E-state index in [2.05, 4.69) is 10.3 Å². The van der Waals surface area contributed by atoms with Crippen LogP contribution in [0.15, 0.2) is 28.7 Å². The SMILES string of the molecule is COCc1c(C(=O)Nc2nc3c(s2)C(=O)CCC3)oc2ccccc12. The highest BCUT2D eigenvalue weighted by atomic mass is 32.1. The number of aryl methyl sites for hydroxylation is 1. The van der Waals surface area contributed by atoms with Crippen LogP contribution in [0.1, 0.15) is 44.3 Å². The van der Waals surface area contributed by atoms with Gasteiger partial charge in [-0.15, -0.1) is 0 Å². The van der Waals surface area contributed by atoms with Crippen molar-refractivity contribution in [3.05, 3.63) is 46.2 Å². The summed E-state index contributed by atoms with van der Waals surface area (Å²) in [4.78, 5) is 29.7. The van der Waals surface area contributed by atoms with Crippen LogP contribution in [0, 0.1) is 0 Å². The molecular formula is C18H16N2O4S. The number of benzene rings is 1. The number of carbonyl (C=O) groups excluding carboxylic acids is 2. The third-order valence-electron chi connectivity index (χ3n) is 4.18. The number of anilines is 1. The van der Waals surface area contributed by atoms with Gasteiger partial charge in [-0.25, -0.2) is 4.98 Å². The molecular weight excluding hydrogens is 340 g/mol. The van der Waals surface area contributed by atoms with Crippen molar-refractivity contribution < 1.29 is 18.7 Å². The number of rotatable bonds is 4. The van der Waals surface area contributed by atoms with Crippen molar-refractivity contribution in [2.45, 2.75) is 25.9 Å². The highest BCUT2D eigenvalue weighted by molar-refractivity contribution is 7.17. The van der Waals surface area contributed by atoms with Gasteiger partial charge in [0.15, 0.2) is 16.7 Å². The third-order valence-corrected chi connectivity index (χ3v) is 5.24. The second-order valence-corrected chi connectivity index (χ2v) is 6.86. The molecule has 2 heterocycles. The number of methoxy groups -OCH3 is 1. The zero-order chi connectivity index (χ0) is 17.4. The fourth-order valence-corrected chi connectivity index (χ4v) is 4.02. The van der Waals surface area contributed by atoms with E-state index in [1.807, 2.05) is 24.3 Å². The third kappa shape index (κ3) is 2.85. The first-order chi connectivity index (χ1) is 12.2. The Kier molecular flexibility index (Phi) is 4.10. The lowest BCUT2D eigenvalue weighted by molar-refractivity contribution is 0.0973. The zero-order valence-corrected chi connectivity index (χ0v) is 14.4. The molecule has 0 atom stereocenters. The Bertz CT molecular complexity index is 973. The number of furan rings is 1. The molecule has 1 aromatic carbocycles. The molecule has 0 radical (unpaired) electrons. The normalized spacial score (nSPS) is 13.9. The number of hydrogen-bond acceptors (Lipinski definition) is 6. The largest absolute Gasteiger partial charge is 0.451 e. The van der Waals surface area contributed by atoms with Crippen LogP contribution in [-0.4, -0.2) is 23.8 Å². The molecule has 4 rings (SSSR count). The minimum Gasteiger partial charge on any atom is -0.451 e. The van der Waals surface area contributed by atoms with E-state index in [9.17, 15) is 9.59 Å². The average molecular weight is 356 g/mol. The summed E-state index contributed by atoms with van der Waals surface area (Å²) < 4.78 is 10.9. The number of thiazole rings is 1. The molecule has 1 N–H and O–H groups in total. The van der Waals surface area contributed by atoms with Crippen molar-refractivity contribution in [3.8, 4) is 0 Å². The van der Waals surface area contributed by atoms with Gasteiger partial charge >= 0.3 is 0 Å². The Morgan fingerprint density at radius 2 is 2.20 bits per heavy atom. The predicted molar refractivity (Wildman–Crippen MR) is 94.3 cm³/mol. The van der Waals surface area contributed by atoms with Crippen LogP contribution in [0.4, 0.5) is 5.13 Å². The maximum Gasteiger partial charge on any atom is 0.293 e. The lowest BCUT2D eigenvalue weighted by atomic mass is 10.0. The molecule has 0 unspecified atom stereocenters. The summed E-state index contributed by atoms with van der Waals surface area (Å²) in [6.45, 7) is 0.270. The van der Waals surface area contributed by atoms with Gasteiger partial charge in [-0.2, -0.15) is 0 Å². The van der Waals surface area contributed by atoms with E-state index in [4.69, 9.17) is 9.15 Å². The number of ether oxygens (including phenoxy) is 1. The van der Waals surface area contributed by atoms with Crippen molar-refractivity contribution in [2.75, 3.05) is 12.4 Å². The van der Waals surface area contributed by atoms with E-state index < -0.39 is 0 Å². The maximum absolute atomic E-state index is 12.7. The summed E-state index contributed by atoms with van der Waals surface area (Å²) in [5.41, 5.74) is 2.11. The fourth-order valence-electron chi connectivity index (χ4n) is 3.05. The predicted octanol–water partition coefficient (Wildman–Crippen LogP) is 3.81. The highest BCUT2D eigenvalue weighted by Crippen LogP contribution is 2.31. The van der Waals surface area contributed by atoms with E-state index >= 15 is 0 Å². The number of Topliss-reactive ketones (excluding diaryl/α,β-unsaturated/α-hetero) is 1. The van der Waals surface area contributed by atoms with Gasteiger partial charge in [0.25, 0.3) is 5.91 Å². The first kappa shape index (κ1) is 16.0. The van der Waals surface area contributed by atoms with Crippen LogP contribution in [0.3, 0.4) is 0 Å². The van der Waals surface area contributed by atoms with Crippen molar-refractivity contribution in [1.82, 2.24) is 4.98 Å². The van der Waals surface area contributed by atoms with Gasteiger partial charge in [0.05, 0.1) is 17.2 Å². The summed E-state index contributed by atoms with van der Waals surface area (Å²) in [7, 11) is 1.57. The number of fused-ring (bicyclic) bond motifs is 2. The lowest BCUT2D eigenvalue weighted by Gasteiger charge is -2.05. The molecule has 0 saturated carbocycles. The molecule has 1 aliphatic carbocycles. The van der Waals surface area contributed by atoms with Gasteiger partial charge in [-0.1, -0.05) is 29.5 Å². The Morgan fingerprint density at radius 1 is 1.36 bits per heavy atom. The van der Waals surface area contributed by atoms with E-state index in [1.165, 1.54) is 11.3 Å². The number of amides is 1. The Morgan fingerprint density at radius 3 is 3.00 bits per heavy atom. The number of para-hydroxylation sites is 1. The quantitative estimate of drug-likeness (QED) is 0.769. The standard InChI is InChI=1S/C18H16N2O4S/c1-23-9-11-10-5-2-3-8-14(10)24-15(11)17(22)20-18-19-12-6-4-7-13(21)16(12)25-18/h2-3,5,8H,4,6-7,9H2,1H3,(H,19,20,22). The zero-order valence-electron chi connectivity index (χ0n) is 13.6. The smallest absolute Gasteiger partial charge is 0.293 e.